The number of fused-ring (bicyclic) bond motifs is 1. The molecule has 0 unspecified atom stereocenters. The van der Waals surface area contributed by atoms with Crippen LogP contribution in [-0.4, -0.2) is 24.9 Å². The first kappa shape index (κ1) is 17.5. The fourth-order valence-corrected chi connectivity index (χ4v) is 4.09. The van der Waals surface area contributed by atoms with Gasteiger partial charge in [0.15, 0.2) is 5.70 Å². The molecule has 0 bridgehead atoms. The second-order valence-electron chi connectivity index (χ2n) is 5.69. The summed E-state index contributed by atoms with van der Waals surface area (Å²) in [5.74, 6) is -0.770. The Morgan fingerprint density at radius 3 is 2.63 bits per heavy atom. The number of carbonyl (C=O) groups is 2. The molecule has 2 aromatic carbocycles. The smallest absolute Gasteiger partial charge is 0.363 e. The van der Waals surface area contributed by atoms with Crippen LogP contribution in [0.1, 0.15) is 20.8 Å². The lowest BCUT2D eigenvalue weighted by atomic mass is 10.1. The molecule has 0 fully saturated rings. The van der Waals surface area contributed by atoms with Crippen molar-refractivity contribution in [3.63, 3.8) is 0 Å². The minimum atomic E-state index is -0.546. The average Bonchev–Trinajstić information content (AvgIpc) is 3.22. The molecule has 1 aliphatic rings. The van der Waals surface area contributed by atoms with Gasteiger partial charge in [-0.1, -0.05) is 41.9 Å². The minimum Gasteiger partial charge on any atom is -0.465 e. The van der Waals surface area contributed by atoms with Crippen LogP contribution in [0.5, 0.6) is 0 Å². The zero-order chi connectivity index (χ0) is 19.0. The lowest BCUT2D eigenvalue weighted by Crippen LogP contribution is -2.04. The van der Waals surface area contributed by atoms with E-state index in [0.29, 0.717) is 21.0 Å². The molecule has 1 aliphatic heterocycles. The fourth-order valence-electron chi connectivity index (χ4n) is 2.65. The topological polar surface area (TPSA) is 65.0 Å². The molecule has 27 heavy (non-hydrogen) atoms. The number of aliphatic imine (C=N–C) groups is 1. The Hall–Kier alpha value is -2.96. The van der Waals surface area contributed by atoms with Gasteiger partial charge in [-0.2, -0.15) is 0 Å². The van der Waals surface area contributed by atoms with Crippen LogP contribution in [0.15, 0.2) is 59.2 Å². The van der Waals surface area contributed by atoms with Gasteiger partial charge in [-0.15, -0.1) is 11.3 Å². The number of halogens is 1. The van der Waals surface area contributed by atoms with Crippen LogP contribution in [-0.2, 0) is 14.3 Å². The lowest BCUT2D eigenvalue weighted by Gasteiger charge is -1.99. The van der Waals surface area contributed by atoms with E-state index in [-0.39, 0.29) is 11.6 Å². The lowest BCUT2D eigenvalue weighted by molar-refractivity contribution is -0.129. The molecule has 5 nitrogen and oxygen atoms in total. The van der Waals surface area contributed by atoms with E-state index in [1.807, 2.05) is 24.3 Å². The van der Waals surface area contributed by atoms with E-state index in [1.165, 1.54) is 18.4 Å². The molecular formula is C20H12ClNO4S. The summed E-state index contributed by atoms with van der Waals surface area (Å²) in [5.41, 5.74) is 1.31. The number of hydrogen-bond donors (Lipinski definition) is 0. The van der Waals surface area contributed by atoms with E-state index >= 15 is 0 Å². The molecular weight excluding hydrogens is 386 g/mol. The first-order chi connectivity index (χ1) is 13.1. The Balaban J connectivity index is 1.67. The number of methoxy groups -OCH3 is 1. The van der Waals surface area contributed by atoms with Crippen LogP contribution in [0.3, 0.4) is 0 Å². The molecule has 2 heterocycles. The van der Waals surface area contributed by atoms with Crippen LogP contribution in [0.25, 0.3) is 16.2 Å². The standard InChI is InChI=1S/C20H12ClNO4S/c1-25-19(23)12-8-6-11(7-9-12)10-14-20(24)26-18(22-14)17-16(21)13-4-2-3-5-15(13)27-17/h2-10H,1H3/b14-10-. The summed E-state index contributed by atoms with van der Waals surface area (Å²) in [6, 6.07) is 14.3. The predicted octanol–water partition coefficient (Wildman–Crippen LogP) is 4.69. The van der Waals surface area contributed by atoms with E-state index in [9.17, 15) is 9.59 Å². The first-order valence-electron chi connectivity index (χ1n) is 7.95. The van der Waals surface area contributed by atoms with E-state index in [4.69, 9.17) is 16.3 Å². The summed E-state index contributed by atoms with van der Waals surface area (Å²) < 4.78 is 11.0. The van der Waals surface area contributed by atoms with Gasteiger partial charge in [-0.25, -0.2) is 14.6 Å². The van der Waals surface area contributed by atoms with Crippen LogP contribution >= 0.6 is 22.9 Å². The van der Waals surface area contributed by atoms with Gasteiger partial charge in [0.25, 0.3) is 0 Å². The number of rotatable bonds is 3. The van der Waals surface area contributed by atoms with Gasteiger partial charge in [-0.05, 0) is 29.8 Å². The largest absolute Gasteiger partial charge is 0.465 e. The molecule has 0 spiro atoms. The molecule has 0 aliphatic carbocycles. The predicted molar refractivity (Wildman–Crippen MR) is 105 cm³/mol. The monoisotopic (exact) mass is 397 g/mol. The number of ether oxygens (including phenoxy) is 2. The molecule has 0 radical (unpaired) electrons. The highest BCUT2D eigenvalue weighted by Crippen LogP contribution is 2.37. The highest BCUT2D eigenvalue weighted by Gasteiger charge is 2.27. The molecule has 3 aromatic rings. The van der Waals surface area contributed by atoms with E-state index in [2.05, 4.69) is 9.73 Å². The Kier molecular flexibility index (Phi) is 4.51. The number of cyclic esters (lactones) is 1. The van der Waals surface area contributed by atoms with Crippen LogP contribution in [0.2, 0.25) is 5.02 Å². The van der Waals surface area contributed by atoms with Gasteiger partial charge < -0.3 is 9.47 Å². The molecule has 1 aromatic heterocycles. The maximum absolute atomic E-state index is 12.2. The van der Waals surface area contributed by atoms with Crippen molar-refractivity contribution in [3.05, 3.63) is 75.3 Å². The van der Waals surface area contributed by atoms with E-state index < -0.39 is 11.9 Å². The van der Waals surface area contributed by atoms with Gasteiger partial charge in [-0.3, -0.25) is 0 Å². The summed E-state index contributed by atoms with van der Waals surface area (Å²) in [6.07, 6.45) is 1.59. The van der Waals surface area contributed by atoms with E-state index in [1.54, 1.807) is 30.3 Å². The summed E-state index contributed by atoms with van der Waals surface area (Å²) in [4.78, 5) is 28.6. The van der Waals surface area contributed by atoms with Crippen molar-refractivity contribution in [1.82, 2.24) is 0 Å². The molecule has 0 saturated heterocycles. The zero-order valence-electron chi connectivity index (χ0n) is 14.1. The van der Waals surface area contributed by atoms with Crippen molar-refractivity contribution in [3.8, 4) is 0 Å². The van der Waals surface area contributed by atoms with E-state index in [0.717, 1.165) is 10.1 Å². The molecule has 0 saturated carbocycles. The number of benzene rings is 2. The normalized spacial score (nSPS) is 15.1. The number of thiophene rings is 1. The summed E-state index contributed by atoms with van der Waals surface area (Å²) in [7, 11) is 1.32. The van der Waals surface area contributed by atoms with Crippen LogP contribution in [0, 0.1) is 0 Å². The number of esters is 2. The Labute approximate surface area is 163 Å². The quantitative estimate of drug-likeness (QED) is 0.475. The zero-order valence-corrected chi connectivity index (χ0v) is 15.6. The van der Waals surface area contributed by atoms with Gasteiger partial charge in [0, 0.05) is 10.1 Å². The van der Waals surface area contributed by atoms with Gasteiger partial charge in [0.1, 0.15) is 4.88 Å². The maximum atomic E-state index is 12.2. The Morgan fingerprint density at radius 2 is 1.93 bits per heavy atom. The van der Waals surface area contributed by atoms with Crippen molar-refractivity contribution < 1.29 is 19.1 Å². The van der Waals surface area contributed by atoms with Gasteiger partial charge in [0.2, 0.25) is 5.90 Å². The minimum absolute atomic E-state index is 0.171. The molecule has 0 N–H and O–H groups in total. The second-order valence-corrected chi connectivity index (χ2v) is 7.12. The first-order valence-corrected chi connectivity index (χ1v) is 9.14. The molecule has 0 atom stereocenters. The maximum Gasteiger partial charge on any atom is 0.363 e. The Morgan fingerprint density at radius 1 is 1.19 bits per heavy atom. The van der Waals surface area contributed by atoms with Crippen molar-refractivity contribution in [2.45, 2.75) is 0 Å². The highest BCUT2D eigenvalue weighted by atomic mass is 35.5. The molecule has 4 rings (SSSR count). The highest BCUT2D eigenvalue weighted by molar-refractivity contribution is 7.21. The third kappa shape index (κ3) is 3.25. The van der Waals surface area contributed by atoms with Crippen molar-refractivity contribution in [1.29, 1.82) is 0 Å². The van der Waals surface area contributed by atoms with Gasteiger partial charge >= 0.3 is 11.9 Å². The second kappa shape index (κ2) is 6.98. The summed E-state index contributed by atoms with van der Waals surface area (Å²) in [6.45, 7) is 0. The third-order valence-electron chi connectivity index (χ3n) is 3.98. The third-order valence-corrected chi connectivity index (χ3v) is 5.65. The van der Waals surface area contributed by atoms with Crippen LogP contribution in [0.4, 0.5) is 0 Å². The average molecular weight is 398 g/mol. The van der Waals surface area contributed by atoms with Crippen molar-refractivity contribution >= 4 is 56.9 Å². The molecule has 134 valence electrons. The number of nitrogens with zero attached hydrogens (tertiary/aromatic N) is 1. The summed E-state index contributed by atoms with van der Waals surface area (Å²) in [5, 5.41) is 1.42. The molecule has 7 heteroatoms. The SMILES string of the molecule is COC(=O)c1ccc(/C=C2\N=C(c3sc4ccccc4c3Cl)OC2=O)cc1. The number of hydrogen-bond acceptors (Lipinski definition) is 6. The molecule has 0 amide bonds. The number of carbonyl (C=O) groups excluding carboxylic acids is 2. The summed E-state index contributed by atoms with van der Waals surface area (Å²) >= 11 is 7.85. The van der Waals surface area contributed by atoms with Gasteiger partial charge in [0.05, 0.1) is 17.7 Å². The van der Waals surface area contributed by atoms with Crippen LogP contribution < -0.4 is 0 Å². The fraction of sp³-hybridized carbons (Fsp3) is 0.0500. The van der Waals surface area contributed by atoms with Crippen molar-refractivity contribution in [2.24, 2.45) is 4.99 Å². The Bertz CT molecular complexity index is 1130. The van der Waals surface area contributed by atoms with Crippen molar-refractivity contribution in [2.75, 3.05) is 7.11 Å².